The minimum atomic E-state index is 0.786. The van der Waals surface area contributed by atoms with Crippen LogP contribution in [0, 0.1) is 5.92 Å². The van der Waals surface area contributed by atoms with E-state index < -0.39 is 0 Å². The van der Waals surface area contributed by atoms with Gasteiger partial charge in [0.15, 0.2) is 0 Å². The Bertz CT molecular complexity index is 238. The van der Waals surface area contributed by atoms with Gasteiger partial charge in [-0.05, 0) is 64.7 Å². The van der Waals surface area contributed by atoms with E-state index in [2.05, 4.69) is 29.1 Å². The van der Waals surface area contributed by atoms with Crippen LogP contribution in [0.3, 0.4) is 0 Å². The van der Waals surface area contributed by atoms with Crippen molar-refractivity contribution in [1.82, 2.24) is 15.1 Å². The van der Waals surface area contributed by atoms with Gasteiger partial charge < -0.3 is 15.1 Å². The molecule has 1 saturated heterocycles. The fourth-order valence-electron chi connectivity index (χ4n) is 3.66. The number of likely N-dealkylation sites (tertiary alicyclic amines) is 1. The highest BCUT2D eigenvalue weighted by Gasteiger charge is 2.27. The Labute approximate surface area is 119 Å². The Kier molecular flexibility index (Phi) is 6.62. The van der Waals surface area contributed by atoms with E-state index in [1.54, 1.807) is 0 Å². The average molecular weight is 267 g/mol. The van der Waals surface area contributed by atoms with E-state index in [1.165, 1.54) is 77.8 Å². The molecular formula is C16H33N3. The molecule has 1 aliphatic heterocycles. The maximum atomic E-state index is 3.75. The van der Waals surface area contributed by atoms with Crippen LogP contribution in [0.4, 0.5) is 0 Å². The highest BCUT2D eigenvalue weighted by atomic mass is 15.2. The van der Waals surface area contributed by atoms with Gasteiger partial charge in [0, 0.05) is 25.7 Å². The van der Waals surface area contributed by atoms with Gasteiger partial charge in [-0.25, -0.2) is 0 Å². The Balaban J connectivity index is 1.63. The largest absolute Gasteiger partial charge is 0.314 e. The molecule has 0 bridgehead atoms. The maximum absolute atomic E-state index is 3.75. The zero-order valence-electron chi connectivity index (χ0n) is 13.0. The van der Waals surface area contributed by atoms with Gasteiger partial charge in [-0.15, -0.1) is 0 Å². The zero-order chi connectivity index (χ0) is 13.5. The third-order valence-corrected chi connectivity index (χ3v) is 4.86. The third kappa shape index (κ3) is 5.05. The number of nitrogens with one attached hydrogen (secondary N) is 1. The highest BCUT2D eigenvalue weighted by Crippen LogP contribution is 2.26. The van der Waals surface area contributed by atoms with Gasteiger partial charge in [0.2, 0.25) is 0 Å². The molecule has 2 atom stereocenters. The first-order valence-electron chi connectivity index (χ1n) is 8.44. The quantitative estimate of drug-likeness (QED) is 0.727. The Hall–Kier alpha value is -0.120. The molecule has 112 valence electrons. The summed E-state index contributed by atoms with van der Waals surface area (Å²) in [7, 11) is 2.31. The molecule has 3 nitrogen and oxygen atoms in total. The van der Waals surface area contributed by atoms with Crippen molar-refractivity contribution in [2.75, 3.05) is 46.3 Å². The monoisotopic (exact) mass is 267 g/mol. The minimum Gasteiger partial charge on any atom is -0.314 e. The standard InChI is InChI=1S/C16H33N3/c1-3-9-17-16-8-6-7-15(16)14-18(2)12-13-19-10-4-5-11-19/h15-17H,3-14H2,1-2H3. The second-order valence-electron chi connectivity index (χ2n) is 6.56. The highest BCUT2D eigenvalue weighted by molar-refractivity contribution is 4.84. The van der Waals surface area contributed by atoms with Crippen LogP contribution >= 0.6 is 0 Å². The second kappa shape index (κ2) is 8.23. The van der Waals surface area contributed by atoms with Crippen LogP contribution in [0.2, 0.25) is 0 Å². The first kappa shape index (κ1) is 15.3. The van der Waals surface area contributed by atoms with Gasteiger partial charge in [-0.2, -0.15) is 0 Å². The van der Waals surface area contributed by atoms with Crippen LogP contribution in [0.25, 0.3) is 0 Å². The molecule has 3 heteroatoms. The molecule has 0 aromatic carbocycles. The first-order valence-corrected chi connectivity index (χ1v) is 8.44. The average Bonchev–Trinajstić information content (AvgIpc) is 3.05. The van der Waals surface area contributed by atoms with Crippen LogP contribution < -0.4 is 5.32 Å². The molecule has 0 aromatic heterocycles. The number of rotatable bonds is 8. The fourth-order valence-corrected chi connectivity index (χ4v) is 3.66. The van der Waals surface area contributed by atoms with Gasteiger partial charge >= 0.3 is 0 Å². The fraction of sp³-hybridized carbons (Fsp3) is 1.00. The first-order chi connectivity index (χ1) is 9.29. The number of hydrogen-bond acceptors (Lipinski definition) is 3. The summed E-state index contributed by atoms with van der Waals surface area (Å²) < 4.78 is 0. The third-order valence-electron chi connectivity index (χ3n) is 4.86. The Morgan fingerprint density at radius 1 is 1.16 bits per heavy atom. The normalized spacial score (nSPS) is 28.6. The van der Waals surface area contributed by atoms with Crippen molar-refractivity contribution in [3.63, 3.8) is 0 Å². The molecular weight excluding hydrogens is 234 g/mol. The molecule has 1 saturated carbocycles. The summed E-state index contributed by atoms with van der Waals surface area (Å²) in [5, 5.41) is 3.75. The predicted octanol–water partition coefficient (Wildman–Crippen LogP) is 2.18. The van der Waals surface area contributed by atoms with Gasteiger partial charge in [0.25, 0.3) is 0 Å². The molecule has 0 radical (unpaired) electrons. The van der Waals surface area contributed by atoms with Crippen LogP contribution in [-0.4, -0.2) is 62.2 Å². The second-order valence-corrected chi connectivity index (χ2v) is 6.56. The summed E-state index contributed by atoms with van der Waals surface area (Å²) in [6.45, 7) is 9.93. The maximum Gasteiger partial charge on any atom is 0.0109 e. The van der Waals surface area contributed by atoms with Crippen molar-refractivity contribution < 1.29 is 0 Å². The summed E-state index contributed by atoms with van der Waals surface area (Å²) in [6.07, 6.45) is 8.32. The molecule has 1 aliphatic carbocycles. The lowest BCUT2D eigenvalue weighted by Gasteiger charge is -2.27. The van der Waals surface area contributed by atoms with Crippen molar-refractivity contribution >= 4 is 0 Å². The summed E-state index contributed by atoms with van der Waals surface area (Å²) in [4.78, 5) is 5.19. The summed E-state index contributed by atoms with van der Waals surface area (Å²) in [5.41, 5.74) is 0. The smallest absolute Gasteiger partial charge is 0.0109 e. The van der Waals surface area contributed by atoms with Gasteiger partial charge in [0.05, 0.1) is 0 Å². The summed E-state index contributed by atoms with van der Waals surface area (Å²) >= 11 is 0. The van der Waals surface area contributed by atoms with Crippen molar-refractivity contribution in [3.8, 4) is 0 Å². The Morgan fingerprint density at radius 3 is 2.68 bits per heavy atom. The molecule has 0 amide bonds. The molecule has 0 spiro atoms. The van der Waals surface area contributed by atoms with E-state index in [0.29, 0.717) is 0 Å². The Morgan fingerprint density at radius 2 is 1.95 bits per heavy atom. The van der Waals surface area contributed by atoms with E-state index in [9.17, 15) is 0 Å². The molecule has 1 N–H and O–H groups in total. The van der Waals surface area contributed by atoms with Gasteiger partial charge in [-0.1, -0.05) is 13.3 Å². The van der Waals surface area contributed by atoms with Crippen LogP contribution in [-0.2, 0) is 0 Å². The van der Waals surface area contributed by atoms with Crippen molar-refractivity contribution in [1.29, 1.82) is 0 Å². The molecule has 2 fully saturated rings. The van der Waals surface area contributed by atoms with E-state index in [1.807, 2.05) is 0 Å². The molecule has 2 unspecified atom stereocenters. The van der Waals surface area contributed by atoms with Crippen LogP contribution in [0.1, 0.15) is 45.4 Å². The van der Waals surface area contributed by atoms with E-state index in [0.717, 1.165) is 12.0 Å². The van der Waals surface area contributed by atoms with Gasteiger partial charge in [0.1, 0.15) is 0 Å². The lowest BCUT2D eigenvalue weighted by molar-refractivity contribution is 0.217. The number of hydrogen-bond donors (Lipinski definition) is 1. The summed E-state index contributed by atoms with van der Waals surface area (Å²) in [5.74, 6) is 0.884. The van der Waals surface area contributed by atoms with E-state index >= 15 is 0 Å². The lowest BCUT2D eigenvalue weighted by Crippen LogP contribution is -2.40. The molecule has 19 heavy (non-hydrogen) atoms. The minimum absolute atomic E-state index is 0.786. The topological polar surface area (TPSA) is 18.5 Å². The van der Waals surface area contributed by atoms with Crippen molar-refractivity contribution in [2.45, 2.75) is 51.5 Å². The van der Waals surface area contributed by atoms with Crippen LogP contribution in [0.15, 0.2) is 0 Å². The zero-order valence-corrected chi connectivity index (χ0v) is 13.0. The molecule has 0 aromatic rings. The number of nitrogens with zero attached hydrogens (tertiary/aromatic N) is 2. The van der Waals surface area contributed by atoms with E-state index in [-0.39, 0.29) is 0 Å². The summed E-state index contributed by atoms with van der Waals surface area (Å²) in [6, 6.07) is 0.786. The van der Waals surface area contributed by atoms with Crippen LogP contribution in [0.5, 0.6) is 0 Å². The number of likely N-dealkylation sites (N-methyl/N-ethyl adjacent to an activating group) is 1. The van der Waals surface area contributed by atoms with E-state index in [4.69, 9.17) is 0 Å². The predicted molar refractivity (Wildman–Crippen MR) is 82.6 cm³/mol. The SMILES string of the molecule is CCCNC1CCCC1CN(C)CCN1CCCC1. The van der Waals surface area contributed by atoms with Crippen molar-refractivity contribution in [2.24, 2.45) is 5.92 Å². The molecule has 1 heterocycles. The molecule has 2 aliphatic rings. The van der Waals surface area contributed by atoms with Gasteiger partial charge in [-0.3, -0.25) is 0 Å². The lowest BCUT2D eigenvalue weighted by atomic mass is 10.0. The molecule has 2 rings (SSSR count). The van der Waals surface area contributed by atoms with Crippen molar-refractivity contribution in [3.05, 3.63) is 0 Å².